The summed E-state index contributed by atoms with van der Waals surface area (Å²) in [6.45, 7) is 0. The summed E-state index contributed by atoms with van der Waals surface area (Å²) in [5.41, 5.74) is 2.01. The zero-order valence-corrected chi connectivity index (χ0v) is 15.9. The Morgan fingerprint density at radius 2 is 1.24 bits per heavy atom. The Hall–Kier alpha value is -2.57. The molecule has 4 rings (SSSR count). The molecule has 0 atom stereocenters. The maximum Gasteiger partial charge on any atom is 2.00 e. The van der Waals surface area contributed by atoms with Crippen molar-refractivity contribution >= 4 is 0 Å². The van der Waals surface area contributed by atoms with Gasteiger partial charge >= 0.3 is 21.1 Å². The summed E-state index contributed by atoms with van der Waals surface area (Å²) in [5, 5.41) is 0. The Kier molecular flexibility index (Phi) is 11.3. The smallest absolute Gasteiger partial charge is 0.305 e. The van der Waals surface area contributed by atoms with Crippen molar-refractivity contribution in [3.05, 3.63) is 122 Å². The molecule has 0 saturated carbocycles. The van der Waals surface area contributed by atoms with Crippen molar-refractivity contribution in [1.82, 2.24) is 9.97 Å². The summed E-state index contributed by atoms with van der Waals surface area (Å²) >= 11 is 0. The zero-order chi connectivity index (χ0) is 16.7. The van der Waals surface area contributed by atoms with Gasteiger partial charge in [-0.15, -0.1) is 35.9 Å². The predicted molar refractivity (Wildman–Crippen MR) is 98.0 cm³/mol. The Morgan fingerprint density at radius 3 is 1.64 bits per heavy atom. The summed E-state index contributed by atoms with van der Waals surface area (Å²) in [5.74, 6) is 0. The van der Waals surface area contributed by atoms with E-state index in [4.69, 9.17) is 0 Å². The molecule has 0 amide bonds. The molecule has 0 bridgehead atoms. The minimum absolute atomic E-state index is 0. The van der Waals surface area contributed by atoms with Gasteiger partial charge in [0.1, 0.15) is 0 Å². The van der Waals surface area contributed by atoms with Crippen LogP contribution in [0, 0.1) is 12.1 Å². The fourth-order valence-electron chi connectivity index (χ4n) is 1.73. The number of benzene rings is 2. The molecule has 0 unspecified atom stereocenters. The fourth-order valence-corrected chi connectivity index (χ4v) is 1.73. The largest absolute Gasteiger partial charge is 2.00 e. The molecule has 0 spiro atoms. The molecule has 2 nitrogen and oxygen atoms in total. The molecule has 0 fully saturated rings. The number of rotatable bonds is 1. The number of hydrogen-bond acceptors (Lipinski definition) is 2. The second-order valence-corrected chi connectivity index (χ2v) is 4.59. The van der Waals surface area contributed by atoms with Crippen molar-refractivity contribution in [3.63, 3.8) is 0 Å². The Labute approximate surface area is 163 Å². The van der Waals surface area contributed by atoms with Crippen LogP contribution in [0.4, 0.5) is 0 Å². The van der Waals surface area contributed by atoms with Gasteiger partial charge in [0.15, 0.2) is 0 Å². The quantitative estimate of drug-likeness (QED) is 0.336. The number of hydrogen-bond donors (Lipinski definition) is 0. The standard InChI is InChI=1S/C11H8N.C6H5.C5H5N.Pt/c1-2-6-10(7-3-1)11-8-4-5-9-12-11;2*1-2-4-6-5-3-1;/h1-6,8-9H;2*1-5H;/q2*-1;;+2. The predicted octanol–water partition coefficient (Wildman–Crippen LogP) is 5.11. The van der Waals surface area contributed by atoms with Crippen LogP contribution in [0.5, 0.6) is 0 Å². The van der Waals surface area contributed by atoms with Crippen LogP contribution in [0.25, 0.3) is 11.3 Å². The Morgan fingerprint density at radius 1 is 0.600 bits per heavy atom. The number of pyridine rings is 2. The van der Waals surface area contributed by atoms with Crippen LogP contribution in [-0.4, -0.2) is 9.97 Å². The van der Waals surface area contributed by atoms with Gasteiger partial charge in [-0.3, -0.25) is 4.98 Å². The van der Waals surface area contributed by atoms with Crippen LogP contribution in [-0.2, 0) is 21.1 Å². The molecule has 0 aliphatic heterocycles. The van der Waals surface area contributed by atoms with Crippen molar-refractivity contribution in [2.24, 2.45) is 0 Å². The van der Waals surface area contributed by atoms with Crippen LogP contribution in [0.15, 0.2) is 110 Å². The summed E-state index contributed by atoms with van der Waals surface area (Å²) in [7, 11) is 0. The fraction of sp³-hybridized carbons (Fsp3) is 0. The number of aromatic nitrogens is 2. The SMILES string of the molecule is [Pt+2].[c-]1ccccc1.[c-]1ccccc1-c1ccccn1.c1ccncc1. The van der Waals surface area contributed by atoms with Crippen molar-refractivity contribution in [1.29, 1.82) is 0 Å². The van der Waals surface area contributed by atoms with E-state index in [1.807, 2.05) is 91.0 Å². The molecular formula is C22H18N2Pt. The van der Waals surface area contributed by atoms with Crippen molar-refractivity contribution < 1.29 is 21.1 Å². The molecule has 4 aromatic rings. The molecule has 126 valence electrons. The zero-order valence-electron chi connectivity index (χ0n) is 13.6. The first-order valence-corrected chi connectivity index (χ1v) is 7.61. The van der Waals surface area contributed by atoms with Crippen LogP contribution in [0.1, 0.15) is 0 Å². The third-order valence-corrected chi connectivity index (χ3v) is 2.82. The average Bonchev–Trinajstić information content (AvgIpc) is 2.73. The number of nitrogens with zero attached hydrogens (tertiary/aromatic N) is 2. The first kappa shape index (κ1) is 20.5. The van der Waals surface area contributed by atoms with Gasteiger partial charge in [-0.25, -0.2) is 0 Å². The first-order chi connectivity index (χ1) is 12.0. The van der Waals surface area contributed by atoms with E-state index in [0.29, 0.717) is 0 Å². The van der Waals surface area contributed by atoms with E-state index in [2.05, 4.69) is 22.1 Å². The maximum absolute atomic E-state index is 4.22. The van der Waals surface area contributed by atoms with E-state index in [-0.39, 0.29) is 21.1 Å². The van der Waals surface area contributed by atoms with Gasteiger partial charge in [-0.05, 0) is 23.9 Å². The second-order valence-electron chi connectivity index (χ2n) is 4.59. The average molecular weight is 505 g/mol. The second kappa shape index (κ2) is 13.8. The van der Waals surface area contributed by atoms with Crippen molar-refractivity contribution in [3.8, 4) is 11.3 Å². The molecular weight excluding hydrogens is 487 g/mol. The van der Waals surface area contributed by atoms with Gasteiger partial charge in [0.05, 0.1) is 0 Å². The minimum atomic E-state index is 0. The summed E-state index contributed by atoms with van der Waals surface area (Å²) < 4.78 is 0. The van der Waals surface area contributed by atoms with E-state index in [1.54, 1.807) is 18.6 Å². The van der Waals surface area contributed by atoms with Gasteiger partial charge in [-0.1, -0.05) is 18.2 Å². The van der Waals surface area contributed by atoms with Gasteiger partial charge in [-0.2, -0.15) is 36.4 Å². The molecule has 2 heterocycles. The maximum atomic E-state index is 4.22. The Bertz CT molecular complexity index is 626. The van der Waals surface area contributed by atoms with Crippen LogP contribution < -0.4 is 0 Å². The van der Waals surface area contributed by atoms with E-state index in [9.17, 15) is 0 Å². The third kappa shape index (κ3) is 9.34. The van der Waals surface area contributed by atoms with Gasteiger partial charge in [0.2, 0.25) is 0 Å². The minimum Gasteiger partial charge on any atom is -0.305 e. The first-order valence-electron chi connectivity index (χ1n) is 7.61. The molecule has 0 aliphatic rings. The summed E-state index contributed by atoms with van der Waals surface area (Å²) in [4.78, 5) is 8.00. The van der Waals surface area contributed by atoms with Crippen molar-refractivity contribution in [2.45, 2.75) is 0 Å². The van der Waals surface area contributed by atoms with E-state index >= 15 is 0 Å². The summed E-state index contributed by atoms with van der Waals surface area (Å²) in [6.07, 6.45) is 5.29. The van der Waals surface area contributed by atoms with E-state index in [1.165, 1.54) is 0 Å². The molecule has 2 aromatic heterocycles. The van der Waals surface area contributed by atoms with Gasteiger partial charge < -0.3 is 4.98 Å². The third-order valence-electron chi connectivity index (χ3n) is 2.82. The normalized spacial score (nSPS) is 8.48. The van der Waals surface area contributed by atoms with Crippen LogP contribution in [0.2, 0.25) is 0 Å². The van der Waals surface area contributed by atoms with Crippen molar-refractivity contribution in [2.75, 3.05) is 0 Å². The van der Waals surface area contributed by atoms with Gasteiger partial charge in [0.25, 0.3) is 0 Å². The molecule has 0 N–H and O–H groups in total. The molecule has 0 saturated heterocycles. The molecule has 0 radical (unpaired) electrons. The topological polar surface area (TPSA) is 25.8 Å². The molecule has 2 aromatic carbocycles. The van der Waals surface area contributed by atoms with Crippen LogP contribution >= 0.6 is 0 Å². The monoisotopic (exact) mass is 505 g/mol. The van der Waals surface area contributed by atoms with Crippen LogP contribution in [0.3, 0.4) is 0 Å². The van der Waals surface area contributed by atoms with E-state index in [0.717, 1.165) is 11.3 Å². The molecule has 0 aliphatic carbocycles. The Balaban J connectivity index is 0.000000204. The summed E-state index contributed by atoms with van der Waals surface area (Å²) in [6, 6.07) is 35.0. The van der Waals surface area contributed by atoms with Gasteiger partial charge in [0, 0.05) is 18.6 Å². The molecule has 25 heavy (non-hydrogen) atoms. The van der Waals surface area contributed by atoms with E-state index < -0.39 is 0 Å². The molecule has 3 heteroatoms.